The van der Waals surface area contributed by atoms with E-state index in [0.29, 0.717) is 12.4 Å². The van der Waals surface area contributed by atoms with Crippen molar-refractivity contribution in [1.82, 2.24) is 9.88 Å². The molecule has 0 atom stereocenters. The number of nitrogens with zero attached hydrogens (tertiary/aromatic N) is 3. The van der Waals surface area contributed by atoms with Crippen LogP contribution in [0.25, 0.3) is 22.5 Å². The van der Waals surface area contributed by atoms with E-state index in [1.54, 1.807) is 0 Å². The van der Waals surface area contributed by atoms with E-state index in [4.69, 9.17) is 10.7 Å². The molecule has 1 aromatic heterocycles. The molecule has 2 aromatic carbocycles. The third kappa shape index (κ3) is 5.52. The number of nitrogens with one attached hydrogen (secondary N) is 2. The number of aliphatic imine (C=N–C) groups is 2. The van der Waals surface area contributed by atoms with Gasteiger partial charge in [0.1, 0.15) is 0 Å². The van der Waals surface area contributed by atoms with Crippen molar-refractivity contribution >= 4 is 17.9 Å². The average Bonchev–Trinajstić information content (AvgIpc) is 3.20. The van der Waals surface area contributed by atoms with Crippen molar-refractivity contribution in [2.45, 2.75) is 32.7 Å². The largest absolute Gasteiger partial charge is 0.390 e. The molecule has 33 heavy (non-hydrogen) atoms. The minimum atomic E-state index is 0.218. The molecular weight excluding hydrogens is 408 g/mol. The van der Waals surface area contributed by atoms with E-state index in [-0.39, 0.29) is 6.04 Å². The van der Waals surface area contributed by atoms with Crippen LogP contribution in [0, 0.1) is 0 Å². The number of aromatic nitrogens is 1. The summed E-state index contributed by atoms with van der Waals surface area (Å²) in [4.78, 5) is 9.46. The van der Waals surface area contributed by atoms with Crippen LogP contribution in [0.3, 0.4) is 0 Å². The van der Waals surface area contributed by atoms with Crippen molar-refractivity contribution in [3.63, 3.8) is 0 Å². The Kier molecular flexibility index (Phi) is 8.84. The summed E-state index contributed by atoms with van der Waals surface area (Å²) in [6.45, 7) is 6.09. The number of hydrogen-bond donors (Lipinski definition) is 3. The first-order valence-corrected chi connectivity index (χ1v) is 11.6. The van der Waals surface area contributed by atoms with Gasteiger partial charge in [-0.15, -0.1) is 0 Å². The standard InChI is InChI=1S/C27H36N6/c1-20(2)33-25(21-13-7-5-8-14-21)23(27(32-19-28)31-18-12-11-17-29-3)24(30-4)26(33)22-15-9-6-10-16-22/h5-10,13-16,19-20,29-30H,11-12,17-18H2,1-4H3,(H2,28,31,32). The molecule has 174 valence electrons. The summed E-state index contributed by atoms with van der Waals surface area (Å²) in [5.41, 5.74) is 12.3. The first-order valence-electron chi connectivity index (χ1n) is 11.6. The van der Waals surface area contributed by atoms with Gasteiger partial charge in [0, 0.05) is 25.2 Å². The van der Waals surface area contributed by atoms with Crippen LogP contribution in [0.4, 0.5) is 5.69 Å². The van der Waals surface area contributed by atoms with Crippen LogP contribution in [0.5, 0.6) is 0 Å². The zero-order valence-electron chi connectivity index (χ0n) is 20.2. The smallest absolute Gasteiger partial charge is 0.160 e. The second kappa shape index (κ2) is 12.0. The molecule has 0 unspecified atom stereocenters. The second-order valence-corrected chi connectivity index (χ2v) is 8.19. The van der Waals surface area contributed by atoms with Crippen LogP contribution in [0.1, 0.15) is 38.3 Å². The van der Waals surface area contributed by atoms with Gasteiger partial charge in [0.25, 0.3) is 0 Å². The molecule has 6 nitrogen and oxygen atoms in total. The zero-order chi connectivity index (χ0) is 23.6. The highest BCUT2D eigenvalue weighted by molar-refractivity contribution is 6.14. The molecule has 0 fully saturated rings. The highest BCUT2D eigenvalue weighted by atomic mass is 15.1. The van der Waals surface area contributed by atoms with Gasteiger partial charge in [-0.25, -0.2) is 4.99 Å². The Hall–Kier alpha value is -3.38. The van der Waals surface area contributed by atoms with E-state index in [1.807, 2.05) is 26.2 Å². The minimum absolute atomic E-state index is 0.218. The Morgan fingerprint density at radius 2 is 1.55 bits per heavy atom. The topological polar surface area (TPSA) is 79.7 Å². The second-order valence-electron chi connectivity index (χ2n) is 8.19. The fourth-order valence-corrected chi connectivity index (χ4v) is 4.18. The monoisotopic (exact) mass is 444 g/mol. The van der Waals surface area contributed by atoms with E-state index in [0.717, 1.165) is 53.2 Å². The maximum Gasteiger partial charge on any atom is 0.160 e. The fourth-order valence-electron chi connectivity index (χ4n) is 4.18. The Bertz CT molecular complexity index is 1060. The number of hydrogen-bond acceptors (Lipinski definition) is 3. The van der Waals surface area contributed by atoms with Crippen LogP contribution >= 0.6 is 0 Å². The molecule has 0 spiro atoms. The van der Waals surface area contributed by atoms with Crippen LogP contribution in [0.2, 0.25) is 0 Å². The molecule has 0 saturated heterocycles. The summed E-state index contributed by atoms with van der Waals surface area (Å²) in [6, 6.07) is 21.2. The number of unbranched alkanes of at least 4 members (excludes halogenated alkanes) is 1. The number of nitrogens with two attached hydrogens (primary N) is 1. The van der Waals surface area contributed by atoms with Gasteiger partial charge in [0.05, 0.1) is 29.0 Å². The lowest BCUT2D eigenvalue weighted by atomic mass is 10.0. The van der Waals surface area contributed by atoms with Crippen molar-refractivity contribution in [2.75, 3.05) is 32.5 Å². The van der Waals surface area contributed by atoms with Gasteiger partial charge in [0.15, 0.2) is 5.84 Å². The Balaban J connectivity index is 2.32. The molecule has 0 saturated carbocycles. The van der Waals surface area contributed by atoms with Gasteiger partial charge >= 0.3 is 0 Å². The molecule has 3 rings (SSSR count). The molecule has 0 amide bonds. The van der Waals surface area contributed by atoms with Crippen LogP contribution < -0.4 is 16.4 Å². The summed E-state index contributed by atoms with van der Waals surface area (Å²) in [5.74, 6) is 0.654. The van der Waals surface area contributed by atoms with Crippen molar-refractivity contribution in [3.05, 3.63) is 66.2 Å². The lowest BCUT2D eigenvalue weighted by Crippen LogP contribution is -2.09. The first kappa shape index (κ1) is 24.3. The average molecular weight is 445 g/mol. The van der Waals surface area contributed by atoms with Gasteiger partial charge in [-0.1, -0.05) is 60.7 Å². The van der Waals surface area contributed by atoms with Gasteiger partial charge in [0.2, 0.25) is 0 Å². The molecule has 0 radical (unpaired) electrons. The molecule has 0 aliphatic rings. The maximum absolute atomic E-state index is 5.81. The van der Waals surface area contributed by atoms with Crippen molar-refractivity contribution in [2.24, 2.45) is 15.7 Å². The highest BCUT2D eigenvalue weighted by Crippen LogP contribution is 2.43. The number of anilines is 1. The van der Waals surface area contributed by atoms with Gasteiger partial charge < -0.3 is 20.9 Å². The van der Waals surface area contributed by atoms with Crippen molar-refractivity contribution < 1.29 is 0 Å². The van der Waals surface area contributed by atoms with Gasteiger partial charge in [-0.3, -0.25) is 4.99 Å². The van der Waals surface area contributed by atoms with E-state index in [2.05, 4.69) is 82.6 Å². The normalized spacial score (nSPS) is 12.1. The molecule has 0 aliphatic carbocycles. The quantitative estimate of drug-likeness (QED) is 0.229. The Morgan fingerprint density at radius 3 is 2.06 bits per heavy atom. The zero-order valence-corrected chi connectivity index (χ0v) is 20.2. The van der Waals surface area contributed by atoms with E-state index < -0.39 is 0 Å². The molecule has 0 aliphatic heterocycles. The molecule has 6 heteroatoms. The van der Waals surface area contributed by atoms with Gasteiger partial charge in [-0.2, -0.15) is 0 Å². The maximum atomic E-state index is 5.81. The summed E-state index contributed by atoms with van der Waals surface area (Å²) < 4.78 is 2.38. The minimum Gasteiger partial charge on any atom is -0.390 e. The number of amidine groups is 1. The molecule has 0 bridgehead atoms. The Labute approximate surface area is 197 Å². The van der Waals surface area contributed by atoms with Crippen molar-refractivity contribution in [1.29, 1.82) is 0 Å². The highest BCUT2D eigenvalue weighted by Gasteiger charge is 2.28. The SMILES string of the molecule is CNCCCCN=C(N=CN)c1c(NC)c(-c2ccccc2)n(C(C)C)c1-c1ccccc1. The van der Waals surface area contributed by atoms with Crippen molar-refractivity contribution in [3.8, 4) is 22.5 Å². The summed E-state index contributed by atoms with van der Waals surface area (Å²) >= 11 is 0. The third-order valence-corrected chi connectivity index (χ3v) is 5.58. The van der Waals surface area contributed by atoms with E-state index >= 15 is 0 Å². The summed E-state index contributed by atoms with van der Waals surface area (Å²) in [7, 11) is 3.93. The Morgan fingerprint density at radius 1 is 0.939 bits per heavy atom. The first-order chi connectivity index (χ1) is 16.1. The van der Waals surface area contributed by atoms with Crippen LogP contribution in [-0.2, 0) is 0 Å². The third-order valence-electron chi connectivity index (χ3n) is 5.58. The lowest BCUT2D eigenvalue weighted by Gasteiger charge is -2.18. The van der Waals surface area contributed by atoms with Crippen LogP contribution in [-0.4, -0.2) is 43.9 Å². The van der Waals surface area contributed by atoms with E-state index in [1.165, 1.54) is 6.34 Å². The summed E-state index contributed by atoms with van der Waals surface area (Å²) in [5, 5.41) is 6.66. The molecular formula is C27H36N6. The number of rotatable bonds is 10. The molecule has 1 heterocycles. The van der Waals surface area contributed by atoms with Crippen LogP contribution in [0.15, 0.2) is 70.6 Å². The number of benzene rings is 2. The molecule has 4 N–H and O–H groups in total. The summed E-state index contributed by atoms with van der Waals surface area (Å²) in [6.07, 6.45) is 3.39. The predicted molar refractivity (Wildman–Crippen MR) is 142 cm³/mol. The lowest BCUT2D eigenvalue weighted by molar-refractivity contribution is 0.616. The molecule has 3 aromatic rings. The fraction of sp³-hybridized carbons (Fsp3) is 0.333. The van der Waals surface area contributed by atoms with E-state index in [9.17, 15) is 0 Å². The van der Waals surface area contributed by atoms with Gasteiger partial charge in [-0.05, 0) is 45.8 Å². The predicted octanol–water partition coefficient (Wildman–Crippen LogP) is 5.18.